The van der Waals surface area contributed by atoms with Crippen molar-refractivity contribution in [1.82, 2.24) is 15.2 Å². The summed E-state index contributed by atoms with van der Waals surface area (Å²) in [5.74, 6) is 0.132. The molecule has 2 heterocycles. The number of nitrogens with zero attached hydrogens (tertiary/aromatic N) is 2. The first kappa shape index (κ1) is 13.8. The van der Waals surface area contributed by atoms with Crippen LogP contribution in [0.4, 0.5) is 5.82 Å². The van der Waals surface area contributed by atoms with Crippen molar-refractivity contribution in [2.24, 2.45) is 5.73 Å². The maximum atomic E-state index is 11.2. The predicted octanol–water partition coefficient (Wildman–Crippen LogP) is -0.112. The number of aromatic nitrogens is 1. The van der Waals surface area contributed by atoms with Crippen molar-refractivity contribution in [3.63, 3.8) is 0 Å². The van der Waals surface area contributed by atoms with Gasteiger partial charge < -0.3 is 21.3 Å². The van der Waals surface area contributed by atoms with Gasteiger partial charge in [-0.1, -0.05) is 0 Å². The van der Waals surface area contributed by atoms with Gasteiger partial charge in [0.15, 0.2) is 0 Å². The number of carbonyl (C=O) groups excluding carboxylic acids is 1. The molecule has 2 rings (SSSR count). The van der Waals surface area contributed by atoms with Gasteiger partial charge in [-0.05, 0) is 25.1 Å². The molecule has 1 aromatic rings. The molecule has 1 saturated heterocycles. The highest BCUT2D eigenvalue weighted by Gasteiger charge is 2.10. The third-order valence-electron chi connectivity index (χ3n) is 3.23. The average Bonchev–Trinajstić information content (AvgIpc) is 2.45. The summed E-state index contributed by atoms with van der Waals surface area (Å²) < 4.78 is 0. The smallest absolute Gasteiger partial charge is 0.252 e. The number of pyridine rings is 1. The van der Waals surface area contributed by atoms with E-state index in [1.54, 1.807) is 18.3 Å². The van der Waals surface area contributed by atoms with Crippen molar-refractivity contribution in [2.75, 3.05) is 44.6 Å². The third-order valence-corrected chi connectivity index (χ3v) is 3.23. The summed E-state index contributed by atoms with van der Waals surface area (Å²) in [5, 5.41) is 6.51. The van der Waals surface area contributed by atoms with E-state index in [0.717, 1.165) is 45.7 Å². The van der Waals surface area contributed by atoms with Crippen LogP contribution >= 0.6 is 0 Å². The number of rotatable bonds is 6. The Morgan fingerprint density at radius 1 is 1.47 bits per heavy atom. The lowest BCUT2D eigenvalue weighted by molar-refractivity contribution is 0.100. The number of nitrogens with one attached hydrogen (secondary N) is 2. The first-order valence-electron chi connectivity index (χ1n) is 6.69. The predicted molar refractivity (Wildman–Crippen MR) is 75.2 cm³/mol. The van der Waals surface area contributed by atoms with Crippen LogP contribution < -0.4 is 16.4 Å². The summed E-state index contributed by atoms with van der Waals surface area (Å²) in [6.45, 7) is 6.21. The van der Waals surface area contributed by atoms with Crippen LogP contribution in [0.1, 0.15) is 16.8 Å². The normalized spacial score (nSPS) is 16.2. The summed E-state index contributed by atoms with van der Waals surface area (Å²) in [5.41, 5.74) is 5.75. The SMILES string of the molecule is NC(=O)c1cccnc1NCCCN1CCNCC1. The van der Waals surface area contributed by atoms with Gasteiger partial charge >= 0.3 is 0 Å². The van der Waals surface area contributed by atoms with Crippen LogP contribution in [0, 0.1) is 0 Å². The van der Waals surface area contributed by atoms with E-state index in [1.165, 1.54) is 0 Å². The van der Waals surface area contributed by atoms with Gasteiger partial charge in [0.1, 0.15) is 5.82 Å². The third kappa shape index (κ3) is 4.18. The Morgan fingerprint density at radius 3 is 3.00 bits per heavy atom. The molecule has 0 aromatic carbocycles. The number of hydrogen-bond acceptors (Lipinski definition) is 5. The molecule has 0 radical (unpaired) electrons. The van der Waals surface area contributed by atoms with Crippen LogP contribution in [0.25, 0.3) is 0 Å². The first-order chi connectivity index (χ1) is 9.27. The average molecular weight is 263 g/mol. The number of piperazine rings is 1. The van der Waals surface area contributed by atoms with Gasteiger partial charge in [0.05, 0.1) is 5.56 Å². The molecule has 1 aliphatic heterocycles. The standard InChI is InChI=1S/C13H21N5O/c14-12(19)11-3-1-4-16-13(11)17-5-2-8-18-9-6-15-7-10-18/h1,3-4,15H,2,5-10H2,(H2,14,19)(H,16,17). The van der Waals surface area contributed by atoms with E-state index in [9.17, 15) is 4.79 Å². The minimum absolute atomic E-state index is 0.447. The van der Waals surface area contributed by atoms with Crippen molar-refractivity contribution in [3.8, 4) is 0 Å². The summed E-state index contributed by atoms with van der Waals surface area (Å²) in [6.07, 6.45) is 2.68. The number of nitrogens with two attached hydrogens (primary N) is 1. The Balaban J connectivity index is 1.74. The lowest BCUT2D eigenvalue weighted by Gasteiger charge is -2.27. The van der Waals surface area contributed by atoms with E-state index in [-0.39, 0.29) is 0 Å². The van der Waals surface area contributed by atoms with Crippen molar-refractivity contribution in [1.29, 1.82) is 0 Å². The Morgan fingerprint density at radius 2 is 2.26 bits per heavy atom. The molecule has 104 valence electrons. The second-order valence-corrected chi connectivity index (χ2v) is 4.64. The molecule has 6 heteroatoms. The minimum Gasteiger partial charge on any atom is -0.369 e. The summed E-state index contributed by atoms with van der Waals surface area (Å²) in [4.78, 5) is 17.8. The number of hydrogen-bond donors (Lipinski definition) is 3. The first-order valence-corrected chi connectivity index (χ1v) is 6.69. The number of primary amides is 1. The highest BCUT2D eigenvalue weighted by molar-refractivity contribution is 5.97. The largest absolute Gasteiger partial charge is 0.369 e. The second-order valence-electron chi connectivity index (χ2n) is 4.64. The van der Waals surface area contributed by atoms with Crippen LogP contribution in [-0.4, -0.2) is 55.1 Å². The maximum Gasteiger partial charge on any atom is 0.252 e. The van der Waals surface area contributed by atoms with Crippen molar-refractivity contribution in [3.05, 3.63) is 23.9 Å². The molecule has 1 aromatic heterocycles. The molecular weight excluding hydrogens is 242 g/mol. The molecule has 4 N–H and O–H groups in total. The van der Waals surface area contributed by atoms with Gasteiger partial charge in [-0.3, -0.25) is 4.79 Å². The lowest BCUT2D eigenvalue weighted by atomic mass is 10.2. The van der Waals surface area contributed by atoms with Crippen LogP contribution in [0.15, 0.2) is 18.3 Å². The molecule has 19 heavy (non-hydrogen) atoms. The monoisotopic (exact) mass is 263 g/mol. The van der Waals surface area contributed by atoms with Crippen molar-refractivity contribution in [2.45, 2.75) is 6.42 Å². The number of anilines is 1. The molecular formula is C13H21N5O. The summed E-state index contributed by atoms with van der Waals surface area (Å²) in [6, 6.07) is 3.40. The maximum absolute atomic E-state index is 11.2. The van der Waals surface area contributed by atoms with Gasteiger partial charge in [0.25, 0.3) is 5.91 Å². The fourth-order valence-corrected chi connectivity index (χ4v) is 2.19. The molecule has 1 fully saturated rings. The van der Waals surface area contributed by atoms with Gasteiger partial charge in [-0.15, -0.1) is 0 Å². The van der Waals surface area contributed by atoms with Crippen LogP contribution in [0.3, 0.4) is 0 Å². The topological polar surface area (TPSA) is 83.3 Å². The van der Waals surface area contributed by atoms with E-state index in [2.05, 4.69) is 20.5 Å². The van der Waals surface area contributed by atoms with Gasteiger partial charge in [-0.25, -0.2) is 4.98 Å². The minimum atomic E-state index is -0.447. The van der Waals surface area contributed by atoms with Crippen LogP contribution in [0.2, 0.25) is 0 Å². The number of amides is 1. The van der Waals surface area contributed by atoms with E-state index < -0.39 is 5.91 Å². The molecule has 0 saturated carbocycles. The Kier molecular flexibility index (Phi) is 5.11. The summed E-state index contributed by atoms with van der Waals surface area (Å²) in [7, 11) is 0. The molecule has 0 unspecified atom stereocenters. The molecule has 6 nitrogen and oxygen atoms in total. The van der Waals surface area contributed by atoms with Crippen LogP contribution in [-0.2, 0) is 0 Å². The van der Waals surface area contributed by atoms with E-state index in [1.807, 2.05) is 0 Å². The lowest BCUT2D eigenvalue weighted by Crippen LogP contribution is -2.44. The zero-order chi connectivity index (χ0) is 13.5. The van der Waals surface area contributed by atoms with Crippen molar-refractivity contribution < 1.29 is 4.79 Å². The Labute approximate surface area is 113 Å². The van der Waals surface area contributed by atoms with E-state index in [4.69, 9.17) is 5.73 Å². The fraction of sp³-hybridized carbons (Fsp3) is 0.538. The molecule has 0 aliphatic carbocycles. The Bertz CT molecular complexity index is 417. The Hall–Kier alpha value is -1.66. The molecule has 0 bridgehead atoms. The summed E-state index contributed by atoms with van der Waals surface area (Å²) >= 11 is 0. The van der Waals surface area contributed by atoms with E-state index >= 15 is 0 Å². The second kappa shape index (κ2) is 7.06. The van der Waals surface area contributed by atoms with Crippen LogP contribution in [0.5, 0.6) is 0 Å². The van der Waals surface area contributed by atoms with Gasteiger partial charge in [0, 0.05) is 38.9 Å². The highest BCUT2D eigenvalue weighted by atomic mass is 16.1. The molecule has 1 aliphatic rings. The molecule has 1 amide bonds. The quantitative estimate of drug-likeness (QED) is 0.624. The molecule has 0 atom stereocenters. The molecule has 0 spiro atoms. The zero-order valence-corrected chi connectivity index (χ0v) is 11.1. The van der Waals surface area contributed by atoms with Gasteiger partial charge in [-0.2, -0.15) is 0 Å². The van der Waals surface area contributed by atoms with Gasteiger partial charge in [0.2, 0.25) is 0 Å². The zero-order valence-electron chi connectivity index (χ0n) is 11.1. The highest BCUT2D eigenvalue weighted by Crippen LogP contribution is 2.10. The van der Waals surface area contributed by atoms with E-state index in [0.29, 0.717) is 11.4 Å². The number of carbonyl (C=O) groups is 1. The van der Waals surface area contributed by atoms with Crippen molar-refractivity contribution >= 4 is 11.7 Å². The fourth-order valence-electron chi connectivity index (χ4n) is 2.19.